The molecular formula is C17H21N3O5. The van der Waals surface area contributed by atoms with Crippen LogP contribution in [0.1, 0.15) is 23.3 Å². The van der Waals surface area contributed by atoms with Gasteiger partial charge >= 0.3 is 5.97 Å². The van der Waals surface area contributed by atoms with Crippen LogP contribution in [0.5, 0.6) is 5.75 Å². The second-order valence-corrected chi connectivity index (χ2v) is 6.17. The van der Waals surface area contributed by atoms with Crippen molar-refractivity contribution in [3.8, 4) is 5.75 Å². The van der Waals surface area contributed by atoms with E-state index in [2.05, 4.69) is 15.1 Å². The molecule has 134 valence electrons. The van der Waals surface area contributed by atoms with Crippen molar-refractivity contribution in [3.63, 3.8) is 0 Å². The normalized spacial score (nSPS) is 24.3. The molecule has 5 rings (SSSR count). The molecule has 3 saturated heterocycles. The summed E-state index contributed by atoms with van der Waals surface area (Å²) < 4.78 is 11.0. The molecule has 1 atom stereocenters. The Morgan fingerprint density at radius 2 is 2.12 bits per heavy atom. The molecule has 25 heavy (non-hydrogen) atoms. The van der Waals surface area contributed by atoms with E-state index in [4.69, 9.17) is 19.4 Å². The second-order valence-electron chi connectivity index (χ2n) is 6.17. The number of carbonyl (C=O) groups is 2. The zero-order valence-electron chi connectivity index (χ0n) is 14.0. The van der Waals surface area contributed by atoms with E-state index < -0.39 is 0 Å². The molecule has 0 amide bonds. The minimum atomic E-state index is -0.349. The fraction of sp³-hybridized carbons (Fsp3) is 0.471. The van der Waals surface area contributed by atoms with Gasteiger partial charge in [-0.25, -0.2) is 4.79 Å². The summed E-state index contributed by atoms with van der Waals surface area (Å²) >= 11 is 0. The van der Waals surface area contributed by atoms with Gasteiger partial charge < -0.3 is 14.6 Å². The third-order valence-corrected chi connectivity index (χ3v) is 4.82. The topological polar surface area (TPSA) is 105 Å². The van der Waals surface area contributed by atoms with E-state index in [1.54, 1.807) is 7.11 Å². The Balaban J connectivity index is 0.000000569. The van der Waals surface area contributed by atoms with Gasteiger partial charge in [-0.1, -0.05) is 0 Å². The van der Waals surface area contributed by atoms with Crippen molar-refractivity contribution in [2.75, 3.05) is 26.7 Å². The average Bonchev–Trinajstić information content (AvgIpc) is 3.06. The lowest BCUT2D eigenvalue weighted by atomic mass is 9.86. The predicted molar refractivity (Wildman–Crippen MR) is 89.7 cm³/mol. The van der Waals surface area contributed by atoms with Gasteiger partial charge in [-0.2, -0.15) is 5.10 Å². The number of esters is 1. The lowest BCUT2D eigenvalue weighted by molar-refractivity contribution is -0.122. The van der Waals surface area contributed by atoms with Crippen molar-refractivity contribution in [2.45, 2.75) is 18.9 Å². The summed E-state index contributed by atoms with van der Waals surface area (Å²) in [6.45, 7) is 2.85. The number of aromatic amines is 1. The molecule has 0 unspecified atom stereocenters. The van der Waals surface area contributed by atoms with E-state index in [1.165, 1.54) is 0 Å². The molecule has 4 heterocycles. The highest BCUT2D eigenvalue weighted by Crippen LogP contribution is 2.30. The maximum atomic E-state index is 12.5. The maximum absolute atomic E-state index is 12.5. The number of hydrogen-bond donors (Lipinski definition) is 2. The first-order valence-corrected chi connectivity index (χ1v) is 8.19. The molecule has 0 saturated carbocycles. The van der Waals surface area contributed by atoms with Gasteiger partial charge in [0.05, 0.1) is 12.6 Å². The molecule has 8 heteroatoms. The standard InChI is InChI=1S/C16H19N3O3.CH2O2/c1-21-11-2-3-13-12(8-11)15(18-17-13)16(20)22-14-9-19-6-4-10(14)5-7-19;2-1-3/h2-3,8,10,14H,4-7,9H2,1H3,(H,17,18);1H,(H,2,3)/t14-;/m0./s1. The first-order valence-electron chi connectivity index (χ1n) is 8.19. The Labute approximate surface area is 144 Å². The smallest absolute Gasteiger partial charge is 0.359 e. The van der Waals surface area contributed by atoms with E-state index in [-0.39, 0.29) is 18.5 Å². The van der Waals surface area contributed by atoms with Crippen molar-refractivity contribution < 1.29 is 24.2 Å². The Hall–Kier alpha value is -2.61. The molecule has 8 nitrogen and oxygen atoms in total. The second kappa shape index (κ2) is 7.52. The van der Waals surface area contributed by atoms with Crippen molar-refractivity contribution in [1.29, 1.82) is 0 Å². The predicted octanol–water partition coefficient (Wildman–Crippen LogP) is 1.52. The summed E-state index contributed by atoms with van der Waals surface area (Å²) in [5, 5.41) is 14.6. The van der Waals surface area contributed by atoms with Crippen LogP contribution >= 0.6 is 0 Å². The zero-order valence-corrected chi connectivity index (χ0v) is 14.0. The van der Waals surface area contributed by atoms with Crippen LogP contribution in [0.2, 0.25) is 0 Å². The van der Waals surface area contributed by atoms with Crippen molar-refractivity contribution in [3.05, 3.63) is 23.9 Å². The van der Waals surface area contributed by atoms with Gasteiger partial charge in [-0.3, -0.25) is 14.8 Å². The monoisotopic (exact) mass is 347 g/mol. The van der Waals surface area contributed by atoms with E-state index in [0.717, 1.165) is 43.4 Å². The zero-order chi connectivity index (χ0) is 17.8. The molecular weight excluding hydrogens is 326 g/mol. The van der Waals surface area contributed by atoms with Crippen LogP contribution in [0, 0.1) is 5.92 Å². The maximum Gasteiger partial charge on any atom is 0.359 e. The molecule has 0 aliphatic carbocycles. The van der Waals surface area contributed by atoms with Gasteiger partial charge in [0.15, 0.2) is 5.69 Å². The minimum absolute atomic E-state index is 0.00708. The number of piperidine rings is 3. The third-order valence-electron chi connectivity index (χ3n) is 4.82. The number of benzene rings is 1. The number of ether oxygens (including phenoxy) is 2. The van der Waals surface area contributed by atoms with E-state index >= 15 is 0 Å². The van der Waals surface area contributed by atoms with Crippen molar-refractivity contribution in [1.82, 2.24) is 15.1 Å². The van der Waals surface area contributed by atoms with Crippen LogP contribution in [0.15, 0.2) is 18.2 Å². The van der Waals surface area contributed by atoms with E-state index in [1.807, 2.05) is 18.2 Å². The van der Waals surface area contributed by atoms with Crippen LogP contribution in [-0.2, 0) is 9.53 Å². The molecule has 3 aliphatic heterocycles. The van der Waals surface area contributed by atoms with Gasteiger partial charge in [0.2, 0.25) is 0 Å². The SMILES string of the molecule is COc1ccc2[nH]nc(C(=O)O[C@H]3CN4CCC3CC4)c2c1.O=CO. The Bertz CT molecular complexity index is 752. The Kier molecular flexibility index (Phi) is 5.18. The van der Waals surface area contributed by atoms with Crippen LogP contribution in [-0.4, -0.2) is 65.5 Å². The first kappa shape index (κ1) is 17.2. The fourth-order valence-corrected chi connectivity index (χ4v) is 3.51. The number of rotatable bonds is 3. The Morgan fingerprint density at radius 3 is 2.72 bits per heavy atom. The summed E-state index contributed by atoms with van der Waals surface area (Å²) in [5.74, 6) is 0.845. The molecule has 2 bridgehead atoms. The van der Waals surface area contributed by atoms with Gasteiger partial charge in [-0.15, -0.1) is 0 Å². The number of H-pyrrole nitrogens is 1. The van der Waals surface area contributed by atoms with Crippen LogP contribution in [0.25, 0.3) is 10.9 Å². The number of nitrogens with zero attached hydrogens (tertiary/aromatic N) is 2. The molecule has 0 spiro atoms. The lowest BCUT2D eigenvalue weighted by Gasteiger charge is -2.43. The summed E-state index contributed by atoms with van der Waals surface area (Å²) in [4.78, 5) is 23.2. The van der Waals surface area contributed by atoms with Crippen molar-refractivity contribution >= 4 is 23.3 Å². The number of aromatic nitrogens is 2. The average molecular weight is 347 g/mol. The minimum Gasteiger partial charge on any atom is -0.497 e. The number of nitrogens with one attached hydrogen (secondary N) is 1. The Morgan fingerprint density at radius 1 is 1.40 bits per heavy atom. The number of methoxy groups -OCH3 is 1. The molecule has 0 radical (unpaired) electrons. The van der Waals surface area contributed by atoms with Gasteiger partial charge in [0, 0.05) is 11.9 Å². The lowest BCUT2D eigenvalue weighted by Crippen LogP contribution is -2.51. The largest absolute Gasteiger partial charge is 0.497 e. The third kappa shape index (κ3) is 3.58. The van der Waals surface area contributed by atoms with Crippen LogP contribution in [0.4, 0.5) is 0 Å². The van der Waals surface area contributed by atoms with E-state index in [9.17, 15) is 4.79 Å². The quantitative estimate of drug-likeness (QED) is 0.641. The summed E-state index contributed by atoms with van der Waals surface area (Å²) in [5.41, 5.74) is 1.15. The summed E-state index contributed by atoms with van der Waals surface area (Å²) in [7, 11) is 1.60. The number of hydrogen-bond acceptors (Lipinski definition) is 6. The molecule has 1 aromatic heterocycles. The highest BCUT2D eigenvalue weighted by molar-refractivity contribution is 6.02. The van der Waals surface area contributed by atoms with Gasteiger partial charge in [-0.05, 0) is 50.0 Å². The molecule has 3 aliphatic rings. The number of carbonyl (C=O) groups excluding carboxylic acids is 1. The number of carboxylic acid groups (broad SMARTS) is 1. The first-order chi connectivity index (χ1) is 12.2. The van der Waals surface area contributed by atoms with Crippen molar-refractivity contribution in [2.24, 2.45) is 5.92 Å². The highest BCUT2D eigenvalue weighted by Gasteiger charge is 2.37. The molecule has 2 aromatic rings. The van der Waals surface area contributed by atoms with Gasteiger partial charge in [0.1, 0.15) is 11.9 Å². The molecule has 3 fully saturated rings. The highest BCUT2D eigenvalue weighted by atomic mass is 16.5. The fourth-order valence-electron chi connectivity index (χ4n) is 3.51. The molecule has 1 aromatic carbocycles. The van der Waals surface area contributed by atoms with Gasteiger partial charge in [0.25, 0.3) is 6.47 Å². The summed E-state index contributed by atoms with van der Waals surface area (Å²) in [6, 6.07) is 5.50. The molecule has 2 N–H and O–H groups in total. The number of fused-ring (bicyclic) bond motifs is 4. The van der Waals surface area contributed by atoms with E-state index in [0.29, 0.717) is 17.4 Å². The van der Waals surface area contributed by atoms with Crippen LogP contribution < -0.4 is 4.74 Å². The summed E-state index contributed by atoms with van der Waals surface area (Å²) in [6.07, 6.45) is 2.23. The van der Waals surface area contributed by atoms with Crippen LogP contribution in [0.3, 0.4) is 0 Å².